The Morgan fingerprint density at radius 3 is 2.07 bits per heavy atom. The highest BCUT2D eigenvalue weighted by Gasteiger charge is 2.18. The van der Waals surface area contributed by atoms with Gasteiger partial charge in [0.15, 0.2) is 5.78 Å². The zero-order valence-electron chi connectivity index (χ0n) is 18.1. The van der Waals surface area contributed by atoms with Gasteiger partial charge >= 0.3 is 0 Å². The van der Waals surface area contributed by atoms with Crippen molar-refractivity contribution in [2.75, 3.05) is 6.61 Å². The second kappa shape index (κ2) is 11.3. The normalized spacial score (nSPS) is 12.7. The van der Waals surface area contributed by atoms with Crippen molar-refractivity contribution < 1.29 is 14.7 Å². The van der Waals surface area contributed by atoms with Crippen LogP contribution in [0.25, 0.3) is 11.1 Å². The molecule has 0 aliphatic carbocycles. The van der Waals surface area contributed by atoms with Gasteiger partial charge in [0.05, 0.1) is 18.7 Å². The Bertz CT molecular complexity index is 857. The maximum atomic E-state index is 12.6. The molecule has 0 fully saturated rings. The number of rotatable bonds is 11. The van der Waals surface area contributed by atoms with Crippen LogP contribution in [-0.4, -0.2) is 35.5 Å². The van der Waals surface area contributed by atoms with Crippen molar-refractivity contribution in [3.63, 3.8) is 0 Å². The molecule has 0 aromatic heterocycles. The lowest BCUT2D eigenvalue weighted by Gasteiger charge is -2.22. The summed E-state index contributed by atoms with van der Waals surface area (Å²) in [6.45, 7) is 8.89. The summed E-state index contributed by atoms with van der Waals surface area (Å²) in [6.07, 6.45) is 3.46. The van der Waals surface area contributed by atoms with Gasteiger partial charge in [-0.15, -0.1) is 0 Å². The Kier molecular flexibility index (Phi) is 8.81. The lowest BCUT2D eigenvalue weighted by atomic mass is 10.0. The molecule has 0 aliphatic heterocycles. The van der Waals surface area contributed by atoms with Crippen LogP contribution < -0.4 is 10.6 Å². The number of aryl methyl sites for hydroxylation is 1. The summed E-state index contributed by atoms with van der Waals surface area (Å²) in [5.41, 5.74) is 4.36. The molecule has 0 radical (unpaired) electrons. The molecule has 5 nitrogen and oxygen atoms in total. The van der Waals surface area contributed by atoms with Crippen LogP contribution in [-0.2, 0) is 11.2 Å². The number of hydrogen-bond acceptors (Lipinski definition) is 4. The van der Waals surface area contributed by atoms with Gasteiger partial charge in [-0.05, 0) is 55.5 Å². The van der Waals surface area contributed by atoms with Gasteiger partial charge in [-0.2, -0.15) is 0 Å². The smallest absolute Gasteiger partial charge is 0.251 e. The lowest BCUT2D eigenvalue weighted by molar-refractivity contribution is -0.118. The first-order valence-corrected chi connectivity index (χ1v) is 10.4. The third-order valence-electron chi connectivity index (χ3n) is 5.17. The fourth-order valence-corrected chi connectivity index (χ4v) is 3.02. The van der Waals surface area contributed by atoms with E-state index in [1.165, 1.54) is 25.3 Å². The average molecular weight is 409 g/mol. The van der Waals surface area contributed by atoms with Gasteiger partial charge in [0.1, 0.15) is 0 Å². The van der Waals surface area contributed by atoms with Crippen LogP contribution in [0.1, 0.15) is 49.5 Å². The fourth-order valence-electron chi connectivity index (χ4n) is 3.02. The minimum atomic E-state index is -0.686. The van der Waals surface area contributed by atoms with Crippen LogP contribution in [0.4, 0.5) is 0 Å². The van der Waals surface area contributed by atoms with Crippen molar-refractivity contribution in [3.8, 4) is 11.1 Å². The summed E-state index contributed by atoms with van der Waals surface area (Å²) in [5, 5.41) is 15.3. The van der Waals surface area contributed by atoms with E-state index in [1.807, 2.05) is 12.1 Å². The third kappa shape index (κ3) is 6.56. The molecule has 0 spiro atoms. The van der Waals surface area contributed by atoms with Crippen molar-refractivity contribution in [2.24, 2.45) is 0 Å². The van der Waals surface area contributed by atoms with E-state index >= 15 is 0 Å². The van der Waals surface area contributed by atoms with Gasteiger partial charge in [0.2, 0.25) is 0 Å². The van der Waals surface area contributed by atoms with Crippen molar-refractivity contribution in [2.45, 2.75) is 52.1 Å². The highest BCUT2D eigenvalue weighted by Crippen LogP contribution is 2.21. The highest BCUT2D eigenvalue weighted by molar-refractivity contribution is 5.95. The lowest BCUT2D eigenvalue weighted by Crippen LogP contribution is -2.45. The number of aliphatic hydroxyl groups is 1. The number of nitrogens with one attached hydrogen (secondary N) is 2. The first kappa shape index (κ1) is 23.4. The summed E-state index contributed by atoms with van der Waals surface area (Å²) < 4.78 is 0. The minimum Gasteiger partial charge on any atom is -0.394 e. The number of unbranched alkanes of at least 4 members (excludes halogenated alkanes) is 1. The van der Waals surface area contributed by atoms with E-state index in [0.29, 0.717) is 11.3 Å². The summed E-state index contributed by atoms with van der Waals surface area (Å²) in [6, 6.07) is 14.7. The molecule has 2 aromatic carbocycles. The predicted molar refractivity (Wildman–Crippen MR) is 121 cm³/mol. The molecule has 0 saturated heterocycles. The van der Waals surface area contributed by atoms with Gasteiger partial charge in [-0.3, -0.25) is 9.59 Å². The molecule has 2 rings (SSSR count). The maximum Gasteiger partial charge on any atom is 0.251 e. The molecule has 0 heterocycles. The van der Waals surface area contributed by atoms with E-state index in [1.54, 1.807) is 19.1 Å². The van der Waals surface area contributed by atoms with Crippen LogP contribution in [0.5, 0.6) is 0 Å². The first-order valence-electron chi connectivity index (χ1n) is 10.4. The Morgan fingerprint density at radius 2 is 1.57 bits per heavy atom. The van der Waals surface area contributed by atoms with Gasteiger partial charge in [0, 0.05) is 11.3 Å². The average Bonchev–Trinajstić information content (AvgIpc) is 2.76. The van der Waals surface area contributed by atoms with Crippen molar-refractivity contribution in [1.82, 2.24) is 10.6 Å². The Labute approximate surface area is 179 Å². The Hall–Kier alpha value is -2.92. The van der Waals surface area contributed by atoms with E-state index in [4.69, 9.17) is 0 Å². The molecule has 0 bridgehead atoms. The largest absolute Gasteiger partial charge is 0.394 e. The van der Waals surface area contributed by atoms with E-state index in [2.05, 4.69) is 48.4 Å². The Balaban J connectivity index is 2.01. The van der Waals surface area contributed by atoms with Crippen LogP contribution in [0.15, 0.2) is 60.8 Å². The summed E-state index contributed by atoms with van der Waals surface area (Å²) >= 11 is 0. The molecule has 2 atom stereocenters. The van der Waals surface area contributed by atoms with Crippen molar-refractivity contribution >= 4 is 11.7 Å². The van der Waals surface area contributed by atoms with Gasteiger partial charge in [0.25, 0.3) is 5.91 Å². The summed E-state index contributed by atoms with van der Waals surface area (Å²) in [7, 11) is 0. The molecular formula is C25H32N2O3. The topological polar surface area (TPSA) is 78.4 Å². The number of benzene rings is 2. The van der Waals surface area contributed by atoms with E-state index in [-0.39, 0.29) is 18.3 Å². The molecule has 0 saturated carbocycles. The van der Waals surface area contributed by atoms with Crippen LogP contribution in [0, 0.1) is 0 Å². The van der Waals surface area contributed by atoms with Crippen LogP contribution >= 0.6 is 0 Å². The van der Waals surface area contributed by atoms with Crippen LogP contribution in [0.2, 0.25) is 0 Å². The summed E-state index contributed by atoms with van der Waals surface area (Å²) in [4.78, 5) is 24.0. The highest BCUT2D eigenvalue weighted by atomic mass is 16.3. The fraction of sp³-hybridized carbons (Fsp3) is 0.360. The molecule has 1 amide bonds. The SMILES string of the molecule is C=C(N[C@H](C)C(C)=O)[C@@H](CO)NC(=O)c1ccc(-c2ccc(CCCC)cc2)cc1. The number of carbonyl (C=O) groups excluding carboxylic acids is 2. The monoisotopic (exact) mass is 408 g/mol. The second-order valence-corrected chi connectivity index (χ2v) is 7.59. The molecule has 2 aromatic rings. The van der Waals surface area contributed by atoms with Crippen molar-refractivity contribution in [3.05, 3.63) is 71.9 Å². The number of aliphatic hydroxyl groups excluding tert-OH is 1. The zero-order chi connectivity index (χ0) is 22.1. The predicted octanol–water partition coefficient (Wildman–Crippen LogP) is 3.87. The maximum absolute atomic E-state index is 12.6. The standard InChI is InChI=1S/C25H32N2O3/c1-5-6-7-20-8-10-21(11-9-20)22-12-14-23(15-13-22)25(30)27-24(16-28)18(3)26-17(2)19(4)29/h8-15,17,24,26,28H,3,5-7,16H2,1-2,4H3,(H,27,30)/t17-,24-/m1/s1. The molecule has 0 unspecified atom stereocenters. The number of carbonyl (C=O) groups is 2. The molecular weight excluding hydrogens is 376 g/mol. The van der Waals surface area contributed by atoms with Gasteiger partial charge in [-0.1, -0.05) is 56.3 Å². The molecule has 160 valence electrons. The van der Waals surface area contributed by atoms with Gasteiger partial charge in [-0.25, -0.2) is 0 Å². The van der Waals surface area contributed by atoms with E-state index in [0.717, 1.165) is 17.5 Å². The third-order valence-corrected chi connectivity index (χ3v) is 5.17. The zero-order valence-corrected chi connectivity index (χ0v) is 18.1. The van der Waals surface area contributed by atoms with E-state index in [9.17, 15) is 14.7 Å². The number of hydrogen-bond donors (Lipinski definition) is 3. The molecule has 0 aliphatic rings. The Morgan fingerprint density at radius 1 is 1.00 bits per heavy atom. The molecule has 3 N–H and O–H groups in total. The summed E-state index contributed by atoms with van der Waals surface area (Å²) in [5.74, 6) is -0.359. The first-order chi connectivity index (χ1) is 14.3. The molecule has 5 heteroatoms. The van der Waals surface area contributed by atoms with Crippen molar-refractivity contribution in [1.29, 1.82) is 0 Å². The van der Waals surface area contributed by atoms with Crippen LogP contribution in [0.3, 0.4) is 0 Å². The number of ketones is 1. The van der Waals surface area contributed by atoms with Gasteiger partial charge < -0.3 is 15.7 Å². The number of Topliss-reactive ketones (excluding diaryl/α,β-unsaturated/α-hetero) is 1. The quantitative estimate of drug-likeness (QED) is 0.527. The number of amides is 1. The second-order valence-electron chi connectivity index (χ2n) is 7.59. The van der Waals surface area contributed by atoms with E-state index < -0.39 is 12.1 Å². The minimum absolute atomic E-state index is 0.0480. The molecule has 30 heavy (non-hydrogen) atoms.